The molecule has 0 unspecified atom stereocenters. The van der Waals surface area contributed by atoms with E-state index >= 15 is 0 Å². The lowest BCUT2D eigenvalue weighted by molar-refractivity contribution is -0.137. The van der Waals surface area contributed by atoms with Crippen molar-refractivity contribution in [2.75, 3.05) is 13.2 Å². The van der Waals surface area contributed by atoms with Gasteiger partial charge in [-0.05, 0) is 6.42 Å². The van der Waals surface area contributed by atoms with Crippen molar-refractivity contribution in [3.05, 3.63) is 0 Å². The van der Waals surface area contributed by atoms with E-state index < -0.39 is 43.6 Å². The van der Waals surface area contributed by atoms with Crippen LogP contribution in [0.5, 0.6) is 0 Å². The zero-order valence-corrected chi connectivity index (χ0v) is 18.7. The Bertz CT molecular complexity index is 353. The van der Waals surface area contributed by atoms with Gasteiger partial charge in [-0.15, -0.1) is 0 Å². The van der Waals surface area contributed by atoms with Gasteiger partial charge in [0.25, 0.3) is 0 Å². The van der Waals surface area contributed by atoms with Gasteiger partial charge in [0.1, 0.15) is 24.4 Å². The molecule has 30 heavy (non-hydrogen) atoms. The molecule has 0 aliphatic carbocycles. The van der Waals surface area contributed by atoms with Crippen LogP contribution < -0.4 is 0 Å². The second-order valence-corrected chi connectivity index (χ2v) is 7.87. The van der Waals surface area contributed by atoms with E-state index in [1.54, 1.807) is 0 Å². The van der Waals surface area contributed by atoms with Gasteiger partial charge in [0.05, 0.1) is 13.2 Å². The molecule has 0 radical (unpaired) electrons. The Kier molecular flexibility index (Phi) is 24.0. The number of carbonyl (C=O) groups is 1. The van der Waals surface area contributed by atoms with Crippen molar-refractivity contribution in [2.45, 2.75) is 121 Å². The highest BCUT2D eigenvalue weighted by molar-refractivity contribution is 5.66. The van der Waals surface area contributed by atoms with Gasteiger partial charge in [-0.3, -0.25) is 4.79 Å². The zero-order chi connectivity index (χ0) is 23.2. The van der Waals surface area contributed by atoms with Crippen LogP contribution in [0.25, 0.3) is 0 Å². The zero-order valence-electron chi connectivity index (χ0n) is 18.7. The second kappa shape index (κ2) is 22.9. The Morgan fingerprint density at radius 2 is 0.900 bits per heavy atom. The van der Waals surface area contributed by atoms with E-state index in [-0.39, 0.29) is 0 Å². The van der Waals surface area contributed by atoms with Gasteiger partial charge in [0.15, 0.2) is 0 Å². The van der Waals surface area contributed by atoms with Crippen molar-refractivity contribution in [3.63, 3.8) is 0 Å². The molecule has 0 amide bonds. The van der Waals surface area contributed by atoms with Gasteiger partial charge in [-0.2, -0.15) is 0 Å². The third-order valence-corrected chi connectivity index (χ3v) is 5.01. The first kappa shape index (κ1) is 31.4. The summed E-state index contributed by atoms with van der Waals surface area (Å²) in [5.74, 6) is -0.655. The lowest BCUT2D eigenvalue weighted by Crippen LogP contribution is -2.46. The minimum Gasteiger partial charge on any atom is -0.481 e. The molecule has 8 heteroatoms. The number of carboxylic acids is 1. The fourth-order valence-corrected chi connectivity index (χ4v) is 2.97. The maximum absolute atomic E-state index is 10.3. The highest BCUT2D eigenvalue weighted by Gasteiger charge is 2.29. The molecule has 0 aromatic heterocycles. The number of carboxylic acid groups (broad SMARTS) is 1. The van der Waals surface area contributed by atoms with Gasteiger partial charge < -0.3 is 35.7 Å². The molecule has 0 spiro atoms. The molecular weight excluding hydrogens is 392 g/mol. The quantitative estimate of drug-likeness (QED) is 0.151. The van der Waals surface area contributed by atoms with Gasteiger partial charge in [-0.25, -0.2) is 0 Å². The van der Waals surface area contributed by atoms with Crippen molar-refractivity contribution in [1.29, 1.82) is 0 Å². The Morgan fingerprint density at radius 1 is 0.600 bits per heavy atom. The van der Waals surface area contributed by atoms with E-state index in [2.05, 4.69) is 6.92 Å². The summed E-state index contributed by atoms with van der Waals surface area (Å²) in [7, 11) is 0. The van der Waals surface area contributed by atoms with Crippen molar-refractivity contribution < 1.29 is 40.5 Å². The van der Waals surface area contributed by atoms with Crippen molar-refractivity contribution in [2.24, 2.45) is 0 Å². The molecule has 0 bridgehead atoms. The fourth-order valence-electron chi connectivity index (χ4n) is 2.97. The Morgan fingerprint density at radius 3 is 1.17 bits per heavy atom. The van der Waals surface area contributed by atoms with Gasteiger partial charge in [0, 0.05) is 6.42 Å². The molecule has 182 valence electrons. The van der Waals surface area contributed by atoms with E-state index in [0.717, 1.165) is 12.8 Å². The van der Waals surface area contributed by atoms with Crippen molar-refractivity contribution in [3.8, 4) is 0 Å². The third-order valence-electron chi connectivity index (χ3n) is 5.01. The standard InChI is InChI=1S/C16H32O2.C6H14O6/c1-2-3-4-5-6-7-8-9-10-11-12-13-14-15-16(17)18;7-1-3(9)5(11)6(12)4(10)2-8/h2-15H2,1H3,(H,17,18);3-12H,1-2H2/t;3-,4-,5-,6-/m.1/s1. The molecule has 4 atom stereocenters. The monoisotopic (exact) mass is 438 g/mol. The number of aliphatic carboxylic acids is 1. The van der Waals surface area contributed by atoms with E-state index in [1.807, 2.05) is 0 Å². The Labute approximate surface area is 181 Å². The number of unbranched alkanes of at least 4 members (excludes halogenated alkanes) is 12. The third kappa shape index (κ3) is 20.5. The molecule has 0 aromatic rings. The van der Waals surface area contributed by atoms with Crippen LogP contribution in [0.4, 0.5) is 0 Å². The van der Waals surface area contributed by atoms with Crippen LogP contribution in [0.1, 0.15) is 96.8 Å². The SMILES string of the molecule is CCCCCCCCCCCCCCCC(=O)O.OC[C@@H](O)[C@@H](O)[C@H](O)[C@H](O)CO. The lowest BCUT2D eigenvalue weighted by Gasteiger charge is -2.24. The van der Waals surface area contributed by atoms with E-state index in [9.17, 15) is 4.79 Å². The molecule has 0 fully saturated rings. The average molecular weight is 439 g/mol. The van der Waals surface area contributed by atoms with Crippen LogP contribution in [-0.4, -0.2) is 79.3 Å². The van der Waals surface area contributed by atoms with Crippen molar-refractivity contribution in [1.82, 2.24) is 0 Å². The van der Waals surface area contributed by atoms with Crippen LogP contribution in [0.2, 0.25) is 0 Å². The molecular formula is C22H46O8. The van der Waals surface area contributed by atoms with Gasteiger partial charge >= 0.3 is 5.97 Å². The summed E-state index contributed by atoms with van der Waals surface area (Å²) in [6.45, 7) is 0.809. The Balaban J connectivity index is 0. The molecule has 0 aliphatic heterocycles. The van der Waals surface area contributed by atoms with Crippen LogP contribution >= 0.6 is 0 Å². The molecule has 0 rings (SSSR count). The normalized spacial score (nSPS) is 15.0. The molecule has 0 aliphatic rings. The maximum Gasteiger partial charge on any atom is 0.303 e. The highest BCUT2D eigenvalue weighted by atomic mass is 16.4. The molecule has 0 saturated carbocycles. The van der Waals surface area contributed by atoms with E-state index in [0.29, 0.717) is 6.42 Å². The van der Waals surface area contributed by atoms with E-state index in [1.165, 1.54) is 70.6 Å². The Hall–Kier alpha value is -0.770. The summed E-state index contributed by atoms with van der Waals surface area (Å²) >= 11 is 0. The molecule has 7 N–H and O–H groups in total. The average Bonchev–Trinajstić information content (AvgIpc) is 2.74. The largest absolute Gasteiger partial charge is 0.481 e. The number of hydrogen-bond donors (Lipinski definition) is 7. The summed E-state index contributed by atoms with van der Waals surface area (Å²) in [5, 5.41) is 60.7. The second-order valence-electron chi connectivity index (χ2n) is 7.87. The van der Waals surface area contributed by atoms with Crippen LogP contribution in [0.3, 0.4) is 0 Å². The summed E-state index contributed by atoms with van der Waals surface area (Å²) in [4.78, 5) is 10.3. The number of hydrogen-bond acceptors (Lipinski definition) is 7. The summed E-state index contributed by atoms with van der Waals surface area (Å²) in [6.07, 6.45) is 10.9. The van der Waals surface area contributed by atoms with Crippen LogP contribution in [0, 0.1) is 0 Å². The van der Waals surface area contributed by atoms with Gasteiger partial charge in [-0.1, -0.05) is 84.0 Å². The summed E-state index contributed by atoms with van der Waals surface area (Å²) in [6, 6.07) is 0. The number of aliphatic hydroxyl groups is 6. The topological polar surface area (TPSA) is 159 Å². The minimum atomic E-state index is -1.67. The maximum atomic E-state index is 10.3. The van der Waals surface area contributed by atoms with E-state index in [4.69, 9.17) is 35.7 Å². The molecule has 0 heterocycles. The minimum absolute atomic E-state index is 0.345. The molecule has 0 saturated heterocycles. The van der Waals surface area contributed by atoms with Crippen LogP contribution in [-0.2, 0) is 4.79 Å². The molecule has 0 aromatic carbocycles. The summed E-state index contributed by atoms with van der Waals surface area (Å²) in [5.41, 5.74) is 0. The first-order chi connectivity index (χ1) is 14.3. The molecule has 8 nitrogen and oxygen atoms in total. The predicted molar refractivity (Wildman–Crippen MR) is 116 cm³/mol. The fraction of sp³-hybridized carbons (Fsp3) is 0.955. The van der Waals surface area contributed by atoms with Crippen molar-refractivity contribution >= 4 is 5.97 Å². The van der Waals surface area contributed by atoms with Crippen LogP contribution in [0.15, 0.2) is 0 Å². The predicted octanol–water partition coefficient (Wildman–Crippen LogP) is 1.97. The first-order valence-corrected chi connectivity index (χ1v) is 11.5. The highest BCUT2D eigenvalue weighted by Crippen LogP contribution is 2.12. The summed E-state index contributed by atoms with van der Waals surface area (Å²) < 4.78 is 0. The number of aliphatic hydroxyl groups excluding tert-OH is 6. The first-order valence-electron chi connectivity index (χ1n) is 11.5. The number of rotatable bonds is 19. The van der Waals surface area contributed by atoms with Gasteiger partial charge in [0.2, 0.25) is 0 Å². The smallest absolute Gasteiger partial charge is 0.303 e. The lowest BCUT2D eigenvalue weighted by atomic mass is 10.0.